The maximum atomic E-state index is 5.88. The van der Waals surface area contributed by atoms with Gasteiger partial charge < -0.3 is 15.0 Å². The van der Waals surface area contributed by atoms with Crippen LogP contribution in [0.25, 0.3) is 0 Å². The molecule has 0 bridgehead atoms. The van der Waals surface area contributed by atoms with Crippen molar-refractivity contribution in [2.75, 3.05) is 33.3 Å². The van der Waals surface area contributed by atoms with Gasteiger partial charge in [0.05, 0.1) is 12.7 Å². The number of hydrogen-bond acceptors (Lipinski definition) is 3. The van der Waals surface area contributed by atoms with Gasteiger partial charge in [0, 0.05) is 25.7 Å². The molecule has 21 heavy (non-hydrogen) atoms. The van der Waals surface area contributed by atoms with E-state index < -0.39 is 0 Å². The number of benzene rings is 1. The zero-order valence-electron chi connectivity index (χ0n) is 13.1. The largest absolute Gasteiger partial charge is 0.374 e. The van der Waals surface area contributed by atoms with Crippen molar-refractivity contribution in [2.45, 2.75) is 43.7 Å². The second kappa shape index (κ2) is 7.39. The van der Waals surface area contributed by atoms with E-state index in [0.717, 1.165) is 26.2 Å². The van der Waals surface area contributed by atoms with Crippen LogP contribution in [-0.2, 0) is 4.74 Å². The van der Waals surface area contributed by atoms with E-state index in [1.807, 2.05) is 0 Å². The number of rotatable bonds is 4. The molecule has 1 aromatic rings. The summed E-state index contributed by atoms with van der Waals surface area (Å²) in [6, 6.07) is 11.6. The van der Waals surface area contributed by atoms with Gasteiger partial charge in [0.2, 0.25) is 0 Å². The van der Waals surface area contributed by atoms with Crippen LogP contribution in [-0.4, -0.2) is 50.3 Å². The fourth-order valence-electron chi connectivity index (χ4n) is 3.75. The average molecular weight is 288 g/mol. The van der Waals surface area contributed by atoms with Gasteiger partial charge in [-0.1, -0.05) is 43.2 Å². The molecule has 1 saturated heterocycles. The van der Waals surface area contributed by atoms with Crippen molar-refractivity contribution in [3.63, 3.8) is 0 Å². The van der Waals surface area contributed by atoms with Gasteiger partial charge in [-0.15, -0.1) is 0 Å². The fraction of sp³-hybridized carbons (Fsp3) is 0.667. The number of hydrogen-bond donors (Lipinski definition) is 1. The molecule has 3 atom stereocenters. The summed E-state index contributed by atoms with van der Waals surface area (Å²) in [6.07, 6.45) is 5.67. The Bertz CT molecular complexity index is 422. The molecule has 1 N–H and O–H groups in total. The second-order valence-corrected chi connectivity index (χ2v) is 6.57. The minimum Gasteiger partial charge on any atom is -0.374 e. The van der Waals surface area contributed by atoms with E-state index in [1.54, 1.807) is 0 Å². The van der Waals surface area contributed by atoms with Crippen LogP contribution in [0.1, 0.15) is 37.2 Å². The summed E-state index contributed by atoms with van der Waals surface area (Å²) in [4.78, 5) is 2.37. The molecule has 1 aliphatic heterocycles. The van der Waals surface area contributed by atoms with Crippen LogP contribution in [0.2, 0.25) is 0 Å². The Balaban J connectivity index is 1.57. The molecule has 3 unspecified atom stereocenters. The lowest BCUT2D eigenvalue weighted by Crippen LogP contribution is -2.48. The zero-order valence-corrected chi connectivity index (χ0v) is 13.1. The predicted octanol–water partition coefficient (Wildman–Crippen LogP) is 2.63. The van der Waals surface area contributed by atoms with Gasteiger partial charge in [-0.3, -0.25) is 0 Å². The number of likely N-dealkylation sites (N-methyl/N-ethyl adjacent to an activating group) is 1. The Hall–Kier alpha value is -0.900. The molecule has 2 fully saturated rings. The van der Waals surface area contributed by atoms with Crippen LogP contribution >= 0.6 is 0 Å². The smallest absolute Gasteiger partial charge is 0.0826 e. The average Bonchev–Trinajstić information content (AvgIpc) is 2.54. The molecule has 0 amide bonds. The first kappa shape index (κ1) is 15.0. The highest BCUT2D eigenvalue weighted by atomic mass is 16.5. The van der Waals surface area contributed by atoms with Gasteiger partial charge in [0.15, 0.2) is 0 Å². The summed E-state index contributed by atoms with van der Waals surface area (Å²) in [5, 5.41) is 3.81. The molecule has 1 aliphatic carbocycles. The summed E-state index contributed by atoms with van der Waals surface area (Å²) >= 11 is 0. The monoisotopic (exact) mass is 288 g/mol. The van der Waals surface area contributed by atoms with E-state index >= 15 is 0 Å². The highest BCUT2D eigenvalue weighted by Crippen LogP contribution is 2.33. The van der Waals surface area contributed by atoms with Crippen molar-refractivity contribution < 1.29 is 4.74 Å². The minimum absolute atomic E-state index is 0.349. The van der Waals surface area contributed by atoms with E-state index in [9.17, 15) is 0 Å². The third-order valence-corrected chi connectivity index (χ3v) is 4.94. The zero-order chi connectivity index (χ0) is 14.5. The van der Waals surface area contributed by atoms with Crippen molar-refractivity contribution in [3.8, 4) is 0 Å². The molecule has 2 aliphatic rings. The third-order valence-electron chi connectivity index (χ3n) is 4.94. The number of nitrogens with one attached hydrogen (secondary N) is 1. The summed E-state index contributed by atoms with van der Waals surface area (Å²) < 4.78 is 5.88. The molecule has 0 radical (unpaired) electrons. The second-order valence-electron chi connectivity index (χ2n) is 6.57. The number of nitrogens with zero attached hydrogens (tertiary/aromatic N) is 1. The first-order valence-corrected chi connectivity index (χ1v) is 8.41. The Kier molecular flexibility index (Phi) is 5.28. The van der Waals surface area contributed by atoms with E-state index in [-0.39, 0.29) is 0 Å². The molecule has 1 aromatic carbocycles. The molecule has 0 aromatic heterocycles. The van der Waals surface area contributed by atoms with Crippen LogP contribution in [0, 0.1) is 0 Å². The van der Waals surface area contributed by atoms with Gasteiger partial charge >= 0.3 is 0 Å². The van der Waals surface area contributed by atoms with Crippen LogP contribution in [0.5, 0.6) is 0 Å². The quantitative estimate of drug-likeness (QED) is 0.922. The lowest BCUT2D eigenvalue weighted by Gasteiger charge is -2.36. The summed E-state index contributed by atoms with van der Waals surface area (Å²) in [5.41, 5.74) is 1.50. The van der Waals surface area contributed by atoms with Crippen molar-refractivity contribution in [3.05, 3.63) is 35.9 Å². The normalized spacial score (nSPS) is 31.2. The Morgan fingerprint density at radius 2 is 2.00 bits per heavy atom. The first-order chi connectivity index (χ1) is 10.3. The Morgan fingerprint density at radius 1 is 1.19 bits per heavy atom. The van der Waals surface area contributed by atoms with Gasteiger partial charge in [0.1, 0.15) is 0 Å². The van der Waals surface area contributed by atoms with Crippen molar-refractivity contribution >= 4 is 0 Å². The third kappa shape index (κ3) is 4.06. The van der Waals surface area contributed by atoms with Gasteiger partial charge in [-0.25, -0.2) is 0 Å². The molecule has 1 heterocycles. The lowest BCUT2D eigenvalue weighted by atomic mass is 9.80. The molecule has 116 valence electrons. The molecule has 3 heteroatoms. The number of ether oxygens (including phenoxy) is 1. The van der Waals surface area contributed by atoms with Gasteiger partial charge in [-0.2, -0.15) is 0 Å². The lowest BCUT2D eigenvalue weighted by molar-refractivity contribution is -0.0200. The van der Waals surface area contributed by atoms with Crippen molar-refractivity contribution in [1.82, 2.24) is 10.2 Å². The molecular formula is C18H28N2O. The van der Waals surface area contributed by atoms with E-state index in [4.69, 9.17) is 4.74 Å². The van der Waals surface area contributed by atoms with Crippen LogP contribution in [0.3, 0.4) is 0 Å². The Labute approximate surface area is 128 Å². The van der Waals surface area contributed by atoms with E-state index in [2.05, 4.69) is 47.6 Å². The van der Waals surface area contributed by atoms with Crippen LogP contribution in [0.15, 0.2) is 30.3 Å². The molecule has 3 nitrogen and oxygen atoms in total. The summed E-state index contributed by atoms with van der Waals surface area (Å²) in [7, 11) is 2.18. The van der Waals surface area contributed by atoms with Crippen molar-refractivity contribution in [2.24, 2.45) is 0 Å². The maximum absolute atomic E-state index is 5.88. The van der Waals surface area contributed by atoms with E-state index in [1.165, 1.54) is 31.2 Å². The summed E-state index contributed by atoms with van der Waals surface area (Å²) in [6.45, 7) is 3.97. The van der Waals surface area contributed by atoms with Gasteiger partial charge in [-0.05, 0) is 31.4 Å². The van der Waals surface area contributed by atoms with Crippen LogP contribution < -0.4 is 5.32 Å². The topological polar surface area (TPSA) is 24.5 Å². The first-order valence-electron chi connectivity index (χ1n) is 8.41. The maximum Gasteiger partial charge on any atom is 0.0826 e. The minimum atomic E-state index is 0.349. The van der Waals surface area contributed by atoms with Crippen molar-refractivity contribution in [1.29, 1.82) is 0 Å². The fourth-order valence-corrected chi connectivity index (χ4v) is 3.75. The Morgan fingerprint density at radius 3 is 2.81 bits per heavy atom. The molecule has 3 rings (SSSR count). The standard InChI is InChI=1S/C18H28N2O/c1-20-11-12-21-16(14-20)13-19-18-10-6-5-9-17(18)15-7-3-2-4-8-15/h2-4,7-8,16-19H,5-6,9-14H2,1H3. The predicted molar refractivity (Wildman–Crippen MR) is 86.7 cm³/mol. The van der Waals surface area contributed by atoms with Crippen LogP contribution in [0.4, 0.5) is 0 Å². The van der Waals surface area contributed by atoms with E-state index in [0.29, 0.717) is 18.1 Å². The molecule has 0 spiro atoms. The van der Waals surface area contributed by atoms with Gasteiger partial charge in [0.25, 0.3) is 0 Å². The molecular weight excluding hydrogens is 260 g/mol. The highest BCUT2D eigenvalue weighted by molar-refractivity contribution is 5.22. The number of morpholine rings is 1. The summed E-state index contributed by atoms with van der Waals surface area (Å²) in [5.74, 6) is 0.668. The molecule has 1 saturated carbocycles. The highest BCUT2D eigenvalue weighted by Gasteiger charge is 2.27. The SMILES string of the molecule is CN1CCOC(CNC2CCCCC2c2ccccc2)C1.